The standard InChI is InChI=1S/C22H27N7O2/c1-14-12-15(2)29(27-14)22-25-19(13-20(26-22)23-16(3)30)18-6-5-7-21(24-18)28-10-8-17(31-4)9-11-28/h5-7,12-13,17H,8-11H2,1-4H3,(H,23,25,26,30). The van der Waals surface area contributed by atoms with Gasteiger partial charge in [-0.15, -0.1) is 0 Å². The van der Waals surface area contributed by atoms with Gasteiger partial charge in [0, 0.05) is 38.9 Å². The summed E-state index contributed by atoms with van der Waals surface area (Å²) in [6.07, 6.45) is 2.26. The summed E-state index contributed by atoms with van der Waals surface area (Å²) in [5, 5.41) is 7.24. The number of piperidine rings is 1. The Morgan fingerprint density at radius 1 is 1.10 bits per heavy atom. The van der Waals surface area contributed by atoms with Gasteiger partial charge in [-0.2, -0.15) is 10.1 Å². The molecule has 4 rings (SSSR count). The van der Waals surface area contributed by atoms with Crippen LogP contribution < -0.4 is 10.2 Å². The van der Waals surface area contributed by atoms with Crippen molar-refractivity contribution in [1.82, 2.24) is 24.7 Å². The topological polar surface area (TPSA) is 98.1 Å². The molecule has 0 aromatic carbocycles. The first kappa shape index (κ1) is 20.9. The minimum absolute atomic E-state index is 0.202. The van der Waals surface area contributed by atoms with Crippen LogP contribution in [0.2, 0.25) is 0 Å². The molecule has 162 valence electrons. The fourth-order valence-corrected chi connectivity index (χ4v) is 3.80. The Morgan fingerprint density at radius 2 is 1.87 bits per heavy atom. The van der Waals surface area contributed by atoms with E-state index in [4.69, 9.17) is 14.7 Å². The summed E-state index contributed by atoms with van der Waals surface area (Å²) < 4.78 is 7.14. The van der Waals surface area contributed by atoms with Gasteiger partial charge in [0.25, 0.3) is 5.95 Å². The number of aromatic nitrogens is 5. The van der Waals surface area contributed by atoms with Crippen LogP contribution in [0.5, 0.6) is 0 Å². The number of hydrogen-bond acceptors (Lipinski definition) is 7. The third-order valence-corrected chi connectivity index (χ3v) is 5.31. The van der Waals surface area contributed by atoms with Crippen LogP contribution in [0.3, 0.4) is 0 Å². The number of hydrogen-bond donors (Lipinski definition) is 1. The lowest BCUT2D eigenvalue weighted by atomic mass is 10.1. The predicted molar refractivity (Wildman–Crippen MR) is 118 cm³/mol. The van der Waals surface area contributed by atoms with Gasteiger partial charge in [0.15, 0.2) is 0 Å². The number of amides is 1. The largest absolute Gasteiger partial charge is 0.381 e. The molecule has 9 nitrogen and oxygen atoms in total. The summed E-state index contributed by atoms with van der Waals surface area (Å²) in [5.41, 5.74) is 3.11. The summed E-state index contributed by atoms with van der Waals surface area (Å²) in [5.74, 6) is 1.50. The zero-order chi connectivity index (χ0) is 22.0. The van der Waals surface area contributed by atoms with E-state index in [1.54, 1.807) is 17.9 Å². The second-order valence-corrected chi connectivity index (χ2v) is 7.76. The number of ether oxygens (including phenoxy) is 1. The molecule has 31 heavy (non-hydrogen) atoms. The van der Waals surface area contributed by atoms with Crippen LogP contribution in [-0.2, 0) is 9.53 Å². The fourth-order valence-electron chi connectivity index (χ4n) is 3.80. The van der Waals surface area contributed by atoms with Crippen molar-refractivity contribution in [1.29, 1.82) is 0 Å². The van der Waals surface area contributed by atoms with E-state index >= 15 is 0 Å². The maximum Gasteiger partial charge on any atom is 0.253 e. The molecule has 3 aromatic heterocycles. The summed E-state index contributed by atoms with van der Waals surface area (Å²) >= 11 is 0. The molecule has 3 aromatic rings. The maximum absolute atomic E-state index is 11.7. The Morgan fingerprint density at radius 3 is 2.52 bits per heavy atom. The van der Waals surface area contributed by atoms with Gasteiger partial charge >= 0.3 is 0 Å². The molecule has 0 radical (unpaired) electrons. The quantitative estimate of drug-likeness (QED) is 0.676. The molecule has 1 aliphatic rings. The molecule has 0 bridgehead atoms. The third-order valence-electron chi connectivity index (χ3n) is 5.31. The first-order valence-corrected chi connectivity index (χ1v) is 10.4. The van der Waals surface area contributed by atoms with Crippen LogP contribution in [-0.4, -0.2) is 56.9 Å². The molecular formula is C22H27N7O2. The average Bonchev–Trinajstić information content (AvgIpc) is 3.11. The molecular weight excluding hydrogens is 394 g/mol. The van der Waals surface area contributed by atoms with Crippen molar-refractivity contribution < 1.29 is 9.53 Å². The van der Waals surface area contributed by atoms with Crippen molar-refractivity contribution in [2.24, 2.45) is 0 Å². The highest BCUT2D eigenvalue weighted by molar-refractivity contribution is 5.88. The molecule has 1 saturated heterocycles. The van der Waals surface area contributed by atoms with Crippen LogP contribution in [0.15, 0.2) is 30.3 Å². The number of aryl methyl sites for hydroxylation is 2. The SMILES string of the molecule is COC1CCN(c2cccc(-c3cc(NC(C)=O)nc(-n4nc(C)cc4C)n3)n2)CC1. The Labute approximate surface area is 181 Å². The first-order chi connectivity index (χ1) is 14.9. The molecule has 0 atom stereocenters. The van der Waals surface area contributed by atoms with Crippen LogP contribution in [0, 0.1) is 13.8 Å². The number of anilines is 2. The predicted octanol–water partition coefficient (Wildman–Crippen LogP) is 2.91. The summed E-state index contributed by atoms with van der Waals surface area (Å²) in [6.45, 7) is 7.10. The molecule has 1 amide bonds. The number of carbonyl (C=O) groups is 1. The Balaban J connectivity index is 1.71. The fraction of sp³-hybridized carbons (Fsp3) is 0.409. The van der Waals surface area contributed by atoms with E-state index < -0.39 is 0 Å². The van der Waals surface area contributed by atoms with Gasteiger partial charge in [-0.1, -0.05) is 6.07 Å². The van der Waals surface area contributed by atoms with Gasteiger partial charge in [-0.05, 0) is 44.9 Å². The Hall–Kier alpha value is -3.33. The number of pyridine rings is 1. The van der Waals surface area contributed by atoms with Gasteiger partial charge in [-0.25, -0.2) is 14.6 Å². The number of nitrogens with one attached hydrogen (secondary N) is 1. The second-order valence-electron chi connectivity index (χ2n) is 7.76. The van der Waals surface area contributed by atoms with E-state index in [9.17, 15) is 4.79 Å². The molecule has 0 unspecified atom stereocenters. The first-order valence-electron chi connectivity index (χ1n) is 10.4. The third kappa shape index (κ3) is 4.72. The van der Waals surface area contributed by atoms with E-state index in [0.717, 1.165) is 43.1 Å². The average molecular weight is 422 g/mol. The normalized spacial score (nSPS) is 14.6. The number of carbonyl (C=O) groups excluding carboxylic acids is 1. The summed E-state index contributed by atoms with van der Waals surface area (Å²) in [6, 6.07) is 9.59. The van der Waals surface area contributed by atoms with Crippen molar-refractivity contribution >= 4 is 17.5 Å². The van der Waals surface area contributed by atoms with Gasteiger partial charge in [0.1, 0.15) is 11.6 Å². The van der Waals surface area contributed by atoms with Crippen LogP contribution in [0.1, 0.15) is 31.2 Å². The van der Waals surface area contributed by atoms with E-state index in [1.165, 1.54) is 6.92 Å². The number of methoxy groups -OCH3 is 1. The van der Waals surface area contributed by atoms with Crippen LogP contribution in [0.25, 0.3) is 17.3 Å². The number of rotatable bonds is 5. The highest BCUT2D eigenvalue weighted by Gasteiger charge is 2.20. The van der Waals surface area contributed by atoms with Crippen molar-refractivity contribution in [3.63, 3.8) is 0 Å². The highest BCUT2D eigenvalue weighted by atomic mass is 16.5. The molecule has 1 fully saturated rings. The van der Waals surface area contributed by atoms with Gasteiger partial charge in [0.05, 0.1) is 23.2 Å². The zero-order valence-corrected chi connectivity index (χ0v) is 18.3. The zero-order valence-electron chi connectivity index (χ0n) is 18.3. The van der Waals surface area contributed by atoms with Crippen LogP contribution >= 0.6 is 0 Å². The van der Waals surface area contributed by atoms with Gasteiger partial charge < -0.3 is 15.0 Å². The van der Waals surface area contributed by atoms with Crippen LogP contribution in [0.4, 0.5) is 11.6 Å². The summed E-state index contributed by atoms with van der Waals surface area (Å²) in [4.78, 5) is 28.0. The highest BCUT2D eigenvalue weighted by Crippen LogP contribution is 2.25. The van der Waals surface area contributed by atoms with Gasteiger partial charge in [0.2, 0.25) is 5.91 Å². The van der Waals surface area contributed by atoms with E-state index in [2.05, 4.69) is 20.3 Å². The molecule has 1 N–H and O–H groups in total. The lowest BCUT2D eigenvalue weighted by Crippen LogP contribution is -2.37. The maximum atomic E-state index is 11.7. The van der Waals surface area contributed by atoms with E-state index in [0.29, 0.717) is 29.3 Å². The van der Waals surface area contributed by atoms with Crippen molar-refractivity contribution in [2.75, 3.05) is 30.4 Å². The minimum Gasteiger partial charge on any atom is -0.381 e. The lowest BCUT2D eigenvalue weighted by Gasteiger charge is -2.32. The monoisotopic (exact) mass is 421 g/mol. The van der Waals surface area contributed by atoms with E-state index in [-0.39, 0.29) is 5.91 Å². The van der Waals surface area contributed by atoms with E-state index in [1.807, 2.05) is 38.1 Å². The lowest BCUT2D eigenvalue weighted by molar-refractivity contribution is -0.114. The smallest absolute Gasteiger partial charge is 0.253 e. The minimum atomic E-state index is -0.202. The van der Waals surface area contributed by atoms with Gasteiger partial charge in [-0.3, -0.25) is 4.79 Å². The van der Waals surface area contributed by atoms with Crippen molar-refractivity contribution in [2.45, 2.75) is 39.7 Å². The molecule has 9 heteroatoms. The Bertz CT molecular complexity index is 1090. The Kier molecular flexibility index (Phi) is 5.94. The second kappa shape index (κ2) is 8.81. The summed E-state index contributed by atoms with van der Waals surface area (Å²) in [7, 11) is 1.77. The molecule has 0 aliphatic carbocycles. The van der Waals surface area contributed by atoms with Crippen molar-refractivity contribution in [3.05, 3.63) is 41.7 Å². The number of nitrogens with zero attached hydrogens (tertiary/aromatic N) is 6. The van der Waals surface area contributed by atoms with Crippen molar-refractivity contribution in [3.8, 4) is 17.3 Å². The molecule has 0 saturated carbocycles. The molecule has 1 aliphatic heterocycles. The molecule has 4 heterocycles. The molecule has 0 spiro atoms.